The Morgan fingerprint density at radius 2 is 1.85 bits per heavy atom. The minimum Gasteiger partial charge on any atom is -0.415 e. The summed E-state index contributed by atoms with van der Waals surface area (Å²) in [5.74, 6) is -0.635. The zero-order valence-electron chi connectivity index (χ0n) is 13.8. The van der Waals surface area contributed by atoms with Gasteiger partial charge in [0.15, 0.2) is 0 Å². The summed E-state index contributed by atoms with van der Waals surface area (Å²) < 4.78 is 19.4. The van der Waals surface area contributed by atoms with E-state index in [1.54, 1.807) is 36.5 Å². The summed E-state index contributed by atoms with van der Waals surface area (Å²) >= 11 is 0. The summed E-state index contributed by atoms with van der Waals surface area (Å²) in [6.45, 7) is 0. The van der Waals surface area contributed by atoms with Crippen molar-refractivity contribution in [1.29, 1.82) is 0 Å². The molecule has 7 nitrogen and oxygen atoms in total. The van der Waals surface area contributed by atoms with Gasteiger partial charge >= 0.3 is 0 Å². The van der Waals surface area contributed by atoms with Crippen LogP contribution in [-0.2, 0) is 0 Å². The van der Waals surface area contributed by atoms with E-state index < -0.39 is 11.7 Å². The monoisotopic (exact) mass is 361 g/mol. The van der Waals surface area contributed by atoms with Crippen molar-refractivity contribution in [3.8, 4) is 23.0 Å². The summed E-state index contributed by atoms with van der Waals surface area (Å²) in [7, 11) is 0. The topological polar surface area (TPSA) is 93.8 Å². The number of aromatic nitrogens is 4. The van der Waals surface area contributed by atoms with Gasteiger partial charge in [-0.2, -0.15) is 0 Å². The van der Waals surface area contributed by atoms with Gasteiger partial charge in [-0.05, 0) is 30.3 Å². The maximum absolute atomic E-state index is 13.7. The third-order valence-corrected chi connectivity index (χ3v) is 3.69. The van der Waals surface area contributed by atoms with Crippen LogP contribution in [0.25, 0.3) is 23.0 Å². The van der Waals surface area contributed by atoms with Gasteiger partial charge in [0.05, 0.1) is 11.8 Å². The lowest BCUT2D eigenvalue weighted by molar-refractivity contribution is 0.102. The second-order valence-electron chi connectivity index (χ2n) is 5.52. The molecular weight excluding hydrogens is 349 g/mol. The number of carbonyl (C=O) groups excluding carboxylic acids is 1. The molecule has 8 heteroatoms. The van der Waals surface area contributed by atoms with Crippen LogP contribution in [0.2, 0.25) is 0 Å². The van der Waals surface area contributed by atoms with E-state index in [1.165, 1.54) is 30.6 Å². The van der Waals surface area contributed by atoms with Gasteiger partial charge in [-0.15, -0.1) is 10.2 Å². The van der Waals surface area contributed by atoms with E-state index >= 15 is 0 Å². The fourth-order valence-corrected chi connectivity index (χ4v) is 2.43. The van der Waals surface area contributed by atoms with Crippen molar-refractivity contribution in [2.75, 3.05) is 5.32 Å². The van der Waals surface area contributed by atoms with Gasteiger partial charge in [0.2, 0.25) is 5.89 Å². The van der Waals surface area contributed by atoms with Crippen molar-refractivity contribution in [2.24, 2.45) is 0 Å². The van der Waals surface area contributed by atoms with Crippen molar-refractivity contribution in [3.63, 3.8) is 0 Å². The quantitative estimate of drug-likeness (QED) is 0.597. The Bertz CT molecular complexity index is 1100. The highest BCUT2D eigenvalue weighted by molar-refractivity contribution is 6.04. The van der Waals surface area contributed by atoms with Crippen LogP contribution in [0.4, 0.5) is 10.1 Å². The van der Waals surface area contributed by atoms with Gasteiger partial charge in [-0.3, -0.25) is 9.78 Å². The van der Waals surface area contributed by atoms with Crippen LogP contribution in [0.15, 0.2) is 71.5 Å². The van der Waals surface area contributed by atoms with Crippen LogP contribution in [0.1, 0.15) is 10.4 Å². The highest BCUT2D eigenvalue weighted by Crippen LogP contribution is 2.24. The molecule has 0 saturated heterocycles. The van der Waals surface area contributed by atoms with E-state index in [4.69, 9.17) is 4.42 Å². The van der Waals surface area contributed by atoms with E-state index in [1.807, 2.05) is 0 Å². The lowest BCUT2D eigenvalue weighted by Gasteiger charge is -2.07. The number of rotatable bonds is 4. The second-order valence-corrected chi connectivity index (χ2v) is 5.52. The van der Waals surface area contributed by atoms with Crippen LogP contribution >= 0.6 is 0 Å². The standard InChI is InChI=1S/C19H12FN5O2/c20-15-7-2-1-6-14(15)17(26)23-13-5-3-4-12(10-13)18-24-25-19(27-18)16-11-21-8-9-22-16/h1-11H,(H,23,26). The van der Waals surface area contributed by atoms with Crippen molar-refractivity contribution in [3.05, 3.63) is 78.5 Å². The van der Waals surface area contributed by atoms with Gasteiger partial charge in [0.1, 0.15) is 11.5 Å². The first-order valence-corrected chi connectivity index (χ1v) is 7.97. The average molecular weight is 361 g/mol. The summed E-state index contributed by atoms with van der Waals surface area (Å²) in [5.41, 5.74) is 1.50. The molecule has 4 aromatic rings. The molecule has 2 aromatic heterocycles. The molecule has 1 amide bonds. The molecule has 132 valence electrons. The Morgan fingerprint density at radius 1 is 1.00 bits per heavy atom. The minimum absolute atomic E-state index is 0.0365. The van der Waals surface area contributed by atoms with Crippen LogP contribution in [0, 0.1) is 5.82 Å². The molecule has 1 N–H and O–H groups in total. The fraction of sp³-hybridized carbons (Fsp3) is 0. The minimum atomic E-state index is -0.586. The van der Waals surface area contributed by atoms with Crippen molar-refractivity contribution >= 4 is 11.6 Å². The molecule has 0 radical (unpaired) electrons. The van der Waals surface area contributed by atoms with Gasteiger partial charge in [0.25, 0.3) is 11.8 Å². The number of hydrogen-bond acceptors (Lipinski definition) is 6. The molecule has 0 bridgehead atoms. The molecule has 0 saturated carbocycles. The lowest BCUT2D eigenvalue weighted by Crippen LogP contribution is -2.13. The van der Waals surface area contributed by atoms with Crippen LogP contribution in [0.3, 0.4) is 0 Å². The normalized spacial score (nSPS) is 10.6. The molecule has 0 aliphatic rings. The van der Waals surface area contributed by atoms with Gasteiger partial charge in [-0.1, -0.05) is 18.2 Å². The van der Waals surface area contributed by atoms with Gasteiger partial charge in [-0.25, -0.2) is 9.37 Å². The van der Waals surface area contributed by atoms with E-state index in [-0.39, 0.29) is 17.3 Å². The lowest BCUT2D eigenvalue weighted by atomic mass is 10.1. The third kappa shape index (κ3) is 3.54. The summed E-state index contributed by atoms with van der Waals surface area (Å²) in [5, 5.41) is 10.6. The summed E-state index contributed by atoms with van der Waals surface area (Å²) in [6.07, 6.45) is 4.59. The number of anilines is 1. The van der Waals surface area contributed by atoms with Crippen molar-refractivity contribution < 1.29 is 13.6 Å². The van der Waals surface area contributed by atoms with Crippen LogP contribution in [-0.4, -0.2) is 26.1 Å². The highest BCUT2D eigenvalue weighted by atomic mass is 19.1. The Balaban J connectivity index is 1.57. The maximum atomic E-state index is 13.7. The zero-order valence-corrected chi connectivity index (χ0v) is 13.8. The third-order valence-electron chi connectivity index (χ3n) is 3.69. The van der Waals surface area contributed by atoms with E-state index in [9.17, 15) is 9.18 Å². The van der Waals surface area contributed by atoms with Gasteiger partial charge < -0.3 is 9.73 Å². The SMILES string of the molecule is O=C(Nc1cccc(-c2nnc(-c3cnccn3)o2)c1)c1ccccc1F. The molecular formula is C19H12FN5O2. The Morgan fingerprint density at radius 3 is 2.67 bits per heavy atom. The van der Waals surface area contributed by atoms with E-state index in [0.717, 1.165) is 0 Å². The number of halogens is 1. The average Bonchev–Trinajstić information content (AvgIpc) is 3.19. The zero-order chi connectivity index (χ0) is 18.6. The van der Waals surface area contributed by atoms with Crippen molar-refractivity contribution in [2.45, 2.75) is 0 Å². The van der Waals surface area contributed by atoms with Crippen LogP contribution in [0.5, 0.6) is 0 Å². The molecule has 2 heterocycles. The molecule has 2 aromatic carbocycles. The number of nitrogens with zero attached hydrogens (tertiary/aromatic N) is 4. The first kappa shape index (κ1) is 16.5. The maximum Gasteiger partial charge on any atom is 0.268 e. The predicted molar refractivity (Wildman–Crippen MR) is 95.1 cm³/mol. The van der Waals surface area contributed by atoms with E-state index in [0.29, 0.717) is 16.9 Å². The molecule has 0 unspecified atom stereocenters. The summed E-state index contributed by atoms with van der Waals surface area (Å²) in [6, 6.07) is 12.6. The fourth-order valence-electron chi connectivity index (χ4n) is 2.43. The largest absolute Gasteiger partial charge is 0.415 e. The number of hydrogen-bond donors (Lipinski definition) is 1. The molecule has 0 aliphatic heterocycles. The predicted octanol–water partition coefficient (Wildman–Crippen LogP) is 3.59. The molecule has 0 atom stereocenters. The molecule has 4 rings (SSSR count). The van der Waals surface area contributed by atoms with Crippen LogP contribution < -0.4 is 5.32 Å². The number of benzene rings is 2. The Hall–Kier alpha value is -3.94. The molecule has 27 heavy (non-hydrogen) atoms. The number of amides is 1. The first-order valence-electron chi connectivity index (χ1n) is 7.97. The number of carbonyl (C=O) groups is 1. The number of nitrogens with one attached hydrogen (secondary N) is 1. The van der Waals surface area contributed by atoms with Gasteiger partial charge in [0, 0.05) is 23.6 Å². The molecule has 0 spiro atoms. The first-order chi connectivity index (χ1) is 13.2. The smallest absolute Gasteiger partial charge is 0.268 e. The summed E-state index contributed by atoms with van der Waals surface area (Å²) in [4.78, 5) is 20.3. The Labute approximate surface area is 152 Å². The molecule has 0 aliphatic carbocycles. The second kappa shape index (κ2) is 7.12. The van der Waals surface area contributed by atoms with E-state index in [2.05, 4.69) is 25.5 Å². The Kier molecular flexibility index (Phi) is 4.36. The molecule has 0 fully saturated rings. The van der Waals surface area contributed by atoms with Crippen molar-refractivity contribution in [1.82, 2.24) is 20.2 Å². The highest BCUT2D eigenvalue weighted by Gasteiger charge is 2.14.